The Morgan fingerprint density at radius 1 is 0.389 bits per heavy atom. The Labute approximate surface area is 333 Å². The number of esters is 3. The average molecular weight is 757 g/mol. The second-order valence-electron chi connectivity index (χ2n) is 14.9. The molecule has 0 fully saturated rings. The number of carbonyl (C=O) groups is 3. The molecule has 0 aromatic rings. The molecule has 0 aromatic carbocycles. The zero-order valence-corrected chi connectivity index (χ0v) is 35.5. The lowest BCUT2D eigenvalue weighted by Gasteiger charge is -2.18. The maximum absolute atomic E-state index is 12.6. The molecule has 0 N–H and O–H groups in total. The summed E-state index contributed by atoms with van der Waals surface area (Å²) in [5.41, 5.74) is 0. The Balaban J connectivity index is 4.31. The average Bonchev–Trinajstić information content (AvgIpc) is 3.17. The van der Waals surface area contributed by atoms with Gasteiger partial charge >= 0.3 is 17.9 Å². The second kappa shape index (κ2) is 43.1. The molecule has 1 unspecified atom stereocenters. The molecule has 0 aliphatic rings. The molecule has 312 valence electrons. The van der Waals surface area contributed by atoms with Crippen LogP contribution >= 0.6 is 0 Å². The summed E-state index contributed by atoms with van der Waals surface area (Å²) in [6.07, 6.45) is 49.9. The van der Waals surface area contributed by atoms with Gasteiger partial charge in [-0.05, 0) is 44.9 Å². The highest BCUT2D eigenvalue weighted by atomic mass is 16.6. The van der Waals surface area contributed by atoms with Crippen LogP contribution < -0.4 is 0 Å². The van der Waals surface area contributed by atoms with Crippen molar-refractivity contribution in [1.82, 2.24) is 0 Å². The SMILES string of the molecule is CC/C=C\C/C=C\C/C=C\C/C=C\CCC(=O)OC(COC(=O)CCCCCCCC)COC(=O)CCCCCCCCCCCCCCCCCCC. The molecule has 0 saturated heterocycles. The van der Waals surface area contributed by atoms with Crippen LogP contribution in [0.15, 0.2) is 48.6 Å². The van der Waals surface area contributed by atoms with Crippen LogP contribution in [0.5, 0.6) is 0 Å². The molecule has 0 heterocycles. The van der Waals surface area contributed by atoms with Crippen LogP contribution in [-0.2, 0) is 28.6 Å². The van der Waals surface area contributed by atoms with E-state index in [0.29, 0.717) is 19.3 Å². The molecule has 6 nitrogen and oxygen atoms in total. The first kappa shape index (κ1) is 51.4. The van der Waals surface area contributed by atoms with Crippen molar-refractivity contribution in [3.8, 4) is 0 Å². The molecule has 54 heavy (non-hydrogen) atoms. The third-order valence-corrected chi connectivity index (χ3v) is 9.61. The van der Waals surface area contributed by atoms with Gasteiger partial charge in [-0.1, -0.05) is 204 Å². The Morgan fingerprint density at radius 2 is 0.722 bits per heavy atom. The van der Waals surface area contributed by atoms with Gasteiger partial charge in [0.2, 0.25) is 0 Å². The van der Waals surface area contributed by atoms with E-state index < -0.39 is 12.1 Å². The van der Waals surface area contributed by atoms with Crippen LogP contribution in [0.2, 0.25) is 0 Å². The fourth-order valence-corrected chi connectivity index (χ4v) is 6.22. The lowest BCUT2D eigenvalue weighted by Crippen LogP contribution is -2.30. The molecule has 0 spiro atoms. The van der Waals surface area contributed by atoms with Gasteiger partial charge in [-0.25, -0.2) is 0 Å². The second-order valence-corrected chi connectivity index (χ2v) is 14.9. The van der Waals surface area contributed by atoms with Crippen molar-refractivity contribution in [3.05, 3.63) is 48.6 Å². The molecule has 0 rings (SSSR count). The molecule has 0 aliphatic heterocycles. The summed E-state index contributed by atoms with van der Waals surface area (Å²) in [5, 5.41) is 0. The standard InChI is InChI=1S/C48H84O6/c1-4-7-10-13-16-18-20-22-23-24-25-27-28-30-32-35-38-41-47(50)53-44-45(43-52-46(49)40-37-34-15-12-9-6-3)54-48(51)42-39-36-33-31-29-26-21-19-17-14-11-8-5-2/h8,11,17,19,26,29,33,36,45H,4-7,9-10,12-16,18,20-25,27-28,30-32,34-35,37-44H2,1-3H3/b11-8-,19-17-,29-26-,36-33-. The van der Waals surface area contributed by atoms with Crippen molar-refractivity contribution < 1.29 is 28.6 Å². The van der Waals surface area contributed by atoms with Gasteiger partial charge in [0.05, 0.1) is 0 Å². The van der Waals surface area contributed by atoms with Crippen molar-refractivity contribution in [2.45, 2.75) is 226 Å². The molecule has 0 bridgehead atoms. The van der Waals surface area contributed by atoms with Crippen LogP contribution in [-0.4, -0.2) is 37.2 Å². The van der Waals surface area contributed by atoms with Crippen LogP contribution in [0.3, 0.4) is 0 Å². The van der Waals surface area contributed by atoms with Crippen LogP contribution in [0.1, 0.15) is 220 Å². The van der Waals surface area contributed by atoms with E-state index in [4.69, 9.17) is 14.2 Å². The number of hydrogen-bond donors (Lipinski definition) is 0. The van der Waals surface area contributed by atoms with Crippen molar-refractivity contribution in [3.63, 3.8) is 0 Å². The van der Waals surface area contributed by atoms with E-state index in [-0.39, 0.29) is 31.6 Å². The van der Waals surface area contributed by atoms with Gasteiger partial charge in [0.1, 0.15) is 13.2 Å². The highest BCUT2D eigenvalue weighted by Crippen LogP contribution is 2.15. The van der Waals surface area contributed by atoms with E-state index >= 15 is 0 Å². The summed E-state index contributed by atoms with van der Waals surface area (Å²) in [4.78, 5) is 37.5. The fraction of sp³-hybridized carbons (Fsp3) is 0.771. The van der Waals surface area contributed by atoms with Gasteiger partial charge < -0.3 is 14.2 Å². The number of unbranched alkanes of at least 4 members (excludes halogenated alkanes) is 21. The molecule has 0 aromatic heterocycles. The van der Waals surface area contributed by atoms with Gasteiger partial charge in [0, 0.05) is 19.3 Å². The lowest BCUT2D eigenvalue weighted by atomic mass is 10.0. The lowest BCUT2D eigenvalue weighted by molar-refractivity contribution is -0.166. The molecule has 1 atom stereocenters. The summed E-state index contributed by atoms with van der Waals surface area (Å²) in [7, 11) is 0. The van der Waals surface area contributed by atoms with E-state index in [1.54, 1.807) is 0 Å². The monoisotopic (exact) mass is 757 g/mol. The largest absolute Gasteiger partial charge is 0.462 e. The van der Waals surface area contributed by atoms with Crippen LogP contribution in [0.4, 0.5) is 0 Å². The minimum absolute atomic E-state index is 0.0994. The molecule has 0 amide bonds. The first-order valence-electron chi connectivity index (χ1n) is 22.6. The van der Waals surface area contributed by atoms with E-state index in [2.05, 4.69) is 57.2 Å². The number of ether oxygens (including phenoxy) is 3. The van der Waals surface area contributed by atoms with E-state index in [1.807, 2.05) is 12.2 Å². The maximum Gasteiger partial charge on any atom is 0.306 e. The summed E-state index contributed by atoms with van der Waals surface area (Å²) in [6.45, 7) is 6.39. The number of allylic oxidation sites excluding steroid dienone is 8. The minimum atomic E-state index is -0.803. The number of carbonyl (C=O) groups excluding carboxylic acids is 3. The Morgan fingerprint density at radius 3 is 1.09 bits per heavy atom. The van der Waals surface area contributed by atoms with Gasteiger partial charge in [0.25, 0.3) is 0 Å². The molecule has 0 saturated carbocycles. The number of hydrogen-bond acceptors (Lipinski definition) is 6. The first-order chi connectivity index (χ1) is 26.5. The van der Waals surface area contributed by atoms with Gasteiger partial charge in [0.15, 0.2) is 6.10 Å². The third kappa shape index (κ3) is 40.6. The summed E-state index contributed by atoms with van der Waals surface area (Å²) >= 11 is 0. The predicted octanol–water partition coefficient (Wildman–Crippen LogP) is 14.4. The number of rotatable bonds is 40. The predicted molar refractivity (Wildman–Crippen MR) is 229 cm³/mol. The van der Waals surface area contributed by atoms with Gasteiger partial charge in [-0.15, -0.1) is 0 Å². The zero-order valence-electron chi connectivity index (χ0n) is 35.5. The van der Waals surface area contributed by atoms with Crippen LogP contribution in [0.25, 0.3) is 0 Å². The Bertz CT molecular complexity index is 964. The maximum atomic E-state index is 12.6. The summed E-state index contributed by atoms with van der Waals surface area (Å²) in [6, 6.07) is 0. The summed E-state index contributed by atoms with van der Waals surface area (Å²) in [5.74, 6) is -0.991. The van der Waals surface area contributed by atoms with Gasteiger partial charge in [-0.3, -0.25) is 14.4 Å². The van der Waals surface area contributed by atoms with Crippen LogP contribution in [0, 0.1) is 0 Å². The smallest absolute Gasteiger partial charge is 0.306 e. The summed E-state index contributed by atoms with van der Waals surface area (Å²) < 4.78 is 16.5. The highest BCUT2D eigenvalue weighted by molar-refractivity contribution is 5.71. The Hall–Kier alpha value is -2.63. The fourth-order valence-electron chi connectivity index (χ4n) is 6.22. The quantitative estimate of drug-likeness (QED) is 0.0268. The van der Waals surface area contributed by atoms with Crippen molar-refractivity contribution in [2.75, 3.05) is 13.2 Å². The van der Waals surface area contributed by atoms with E-state index in [0.717, 1.165) is 64.2 Å². The molecule has 6 heteroatoms. The topological polar surface area (TPSA) is 78.9 Å². The first-order valence-corrected chi connectivity index (χ1v) is 22.6. The molecule has 0 aliphatic carbocycles. The van der Waals surface area contributed by atoms with Crippen molar-refractivity contribution in [2.24, 2.45) is 0 Å². The third-order valence-electron chi connectivity index (χ3n) is 9.61. The molecule has 0 radical (unpaired) electrons. The Kier molecular flexibility index (Phi) is 41.0. The normalized spacial score (nSPS) is 12.4. The van der Waals surface area contributed by atoms with E-state index in [1.165, 1.54) is 109 Å². The highest BCUT2D eigenvalue weighted by Gasteiger charge is 2.19. The van der Waals surface area contributed by atoms with Gasteiger partial charge in [-0.2, -0.15) is 0 Å². The molecular weight excluding hydrogens is 673 g/mol. The zero-order chi connectivity index (χ0) is 39.4. The van der Waals surface area contributed by atoms with Crippen molar-refractivity contribution >= 4 is 17.9 Å². The minimum Gasteiger partial charge on any atom is -0.462 e. The molecular formula is C48H84O6. The van der Waals surface area contributed by atoms with Crippen molar-refractivity contribution in [1.29, 1.82) is 0 Å². The van der Waals surface area contributed by atoms with E-state index in [9.17, 15) is 14.4 Å².